The largest absolute Gasteiger partial charge is 0.497 e. The molecular formula is C27H34N4O4. The van der Waals surface area contributed by atoms with E-state index in [2.05, 4.69) is 18.8 Å². The van der Waals surface area contributed by atoms with E-state index < -0.39 is 0 Å². The average Bonchev–Trinajstić information content (AvgIpc) is 2.99. The SMILES string of the molecule is COc1ccc2c(c1)c(C(=O)N1CC(=O)N(CC(C)C)CC(OCc3cccnc3)C1)c(C)n2C. The molecule has 8 nitrogen and oxygen atoms in total. The van der Waals surface area contributed by atoms with E-state index in [1.54, 1.807) is 24.4 Å². The second-order valence-corrected chi connectivity index (χ2v) is 9.58. The fourth-order valence-corrected chi connectivity index (χ4v) is 4.66. The van der Waals surface area contributed by atoms with Crippen LogP contribution in [-0.2, 0) is 23.2 Å². The molecule has 1 aliphatic rings. The van der Waals surface area contributed by atoms with Crippen LogP contribution in [0.15, 0.2) is 42.7 Å². The molecule has 1 saturated heterocycles. The van der Waals surface area contributed by atoms with E-state index >= 15 is 0 Å². The number of ether oxygens (including phenoxy) is 2. The molecule has 1 aromatic carbocycles. The van der Waals surface area contributed by atoms with Gasteiger partial charge in [-0.2, -0.15) is 0 Å². The van der Waals surface area contributed by atoms with Gasteiger partial charge in [-0.1, -0.05) is 19.9 Å². The summed E-state index contributed by atoms with van der Waals surface area (Å²) in [7, 11) is 3.55. The number of pyridine rings is 1. The van der Waals surface area contributed by atoms with Crippen molar-refractivity contribution in [3.8, 4) is 5.75 Å². The van der Waals surface area contributed by atoms with E-state index in [4.69, 9.17) is 9.47 Å². The number of nitrogens with zero attached hydrogens (tertiary/aromatic N) is 4. The number of hydrogen-bond donors (Lipinski definition) is 0. The van der Waals surface area contributed by atoms with Gasteiger partial charge in [-0.25, -0.2) is 0 Å². The first kappa shape index (κ1) is 24.7. The first-order valence-electron chi connectivity index (χ1n) is 12.0. The molecule has 0 bridgehead atoms. The Kier molecular flexibility index (Phi) is 7.40. The number of methoxy groups -OCH3 is 1. The summed E-state index contributed by atoms with van der Waals surface area (Å²) in [6.45, 7) is 7.90. The van der Waals surface area contributed by atoms with E-state index in [1.807, 2.05) is 53.8 Å². The summed E-state index contributed by atoms with van der Waals surface area (Å²) in [5, 5.41) is 0.818. The Hall–Kier alpha value is -3.39. The molecule has 0 saturated carbocycles. The van der Waals surface area contributed by atoms with Gasteiger partial charge in [0.25, 0.3) is 5.91 Å². The minimum absolute atomic E-state index is 0.0259. The van der Waals surface area contributed by atoms with Gasteiger partial charge in [0, 0.05) is 55.7 Å². The average molecular weight is 479 g/mol. The van der Waals surface area contributed by atoms with Crippen LogP contribution < -0.4 is 4.74 Å². The molecule has 1 atom stereocenters. The van der Waals surface area contributed by atoms with E-state index in [0.717, 1.165) is 22.2 Å². The number of rotatable bonds is 7. The van der Waals surface area contributed by atoms with Crippen LogP contribution >= 0.6 is 0 Å². The number of aryl methyl sites for hydroxylation is 1. The molecule has 0 spiro atoms. The molecule has 35 heavy (non-hydrogen) atoms. The summed E-state index contributed by atoms with van der Waals surface area (Å²) in [5.74, 6) is 0.768. The lowest BCUT2D eigenvalue weighted by atomic mass is 10.1. The van der Waals surface area contributed by atoms with Crippen molar-refractivity contribution in [2.75, 3.05) is 33.3 Å². The minimum Gasteiger partial charge on any atom is -0.497 e. The Morgan fingerprint density at radius 2 is 2.03 bits per heavy atom. The van der Waals surface area contributed by atoms with Crippen molar-refractivity contribution in [1.29, 1.82) is 0 Å². The molecule has 2 amide bonds. The van der Waals surface area contributed by atoms with Gasteiger partial charge in [0.15, 0.2) is 0 Å². The minimum atomic E-state index is -0.311. The van der Waals surface area contributed by atoms with Gasteiger partial charge < -0.3 is 23.8 Å². The van der Waals surface area contributed by atoms with Crippen LogP contribution in [0.3, 0.4) is 0 Å². The van der Waals surface area contributed by atoms with Crippen molar-refractivity contribution in [2.45, 2.75) is 33.5 Å². The molecule has 1 unspecified atom stereocenters. The van der Waals surface area contributed by atoms with E-state index in [0.29, 0.717) is 43.5 Å². The number of amides is 2. The van der Waals surface area contributed by atoms with Gasteiger partial charge in [-0.15, -0.1) is 0 Å². The monoisotopic (exact) mass is 478 g/mol. The fourth-order valence-electron chi connectivity index (χ4n) is 4.66. The lowest BCUT2D eigenvalue weighted by Crippen LogP contribution is -2.40. The molecule has 0 radical (unpaired) electrons. The van der Waals surface area contributed by atoms with Crippen LogP contribution in [0, 0.1) is 12.8 Å². The van der Waals surface area contributed by atoms with Crippen molar-refractivity contribution in [3.63, 3.8) is 0 Å². The van der Waals surface area contributed by atoms with E-state index in [-0.39, 0.29) is 24.5 Å². The van der Waals surface area contributed by atoms with Crippen LogP contribution in [0.25, 0.3) is 10.9 Å². The third kappa shape index (κ3) is 5.32. The number of carbonyl (C=O) groups is 2. The maximum absolute atomic E-state index is 13.9. The number of carbonyl (C=O) groups excluding carboxylic acids is 2. The highest BCUT2D eigenvalue weighted by molar-refractivity contribution is 6.09. The first-order chi connectivity index (χ1) is 16.8. The van der Waals surface area contributed by atoms with Crippen LogP contribution in [0.5, 0.6) is 5.75 Å². The molecule has 0 aliphatic carbocycles. The number of hydrogen-bond acceptors (Lipinski definition) is 5. The van der Waals surface area contributed by atoms with Crippen molar-refractivity contribution in [1.82, 2.24) is 19.4 Å². The highest BCUT2D eigenvalue weighted by Gasteiger charge is 2.33. The van der Waals surface area contributed by atoms with E-state index in [9.17, 15) is 9.59 Å². The molecular weight excluding hydrogens is 444 g/mol. The Bertz CT molecular complexity index is 1200. The van der Waals surface area contributed by atoms with Crippen molar-refractivity contribution in [2.24, 2.45) is 13.0 Å². The molecule has 3 aromatic rings. The molecule has 4 rings (SSSR count). The molecule has 3 heterocycles. The summed E-state index contributed by atoms with van der Waals surface area (Å²) in [4.78, 5) is 34.8. The summed E-state index contributed by atoms with van der Waals surface area (Å²) in [6.07, 6.45) is 3.18. The van der Waals surface area contributed by atoms with Gasteiger partial charge >= 0.3 is 0 Å². The molecule has 186 valence electrons. The third-order valence-electron chi connectivity index (χ3n) is 6.52. The highest BCUT2D eigenvalue weighted by atomic mass is 16.5. The predicted molar refractivity (Wildman–Crippen MR) is 134 cm³/mol. The topological polar surface area (TPSA) is 76.9 Å². The highest BCUT2D eigenvalue weighted by Crippen LogP contribution is 2.30. The number of aromatic nitrogens is 2. The maximum atomic E-state index is 13.9. The molecule has 8 heteroatoms. The predicted octanol–water partition coefficient (Wildman–Crippen LogP) is 3.42. The van der Waals surface area contributed by atoms with Crippen LogP contribution in [-0.4, -0.2) is 70.6 Å². The fraction of sp³-hybridized carbons (Fsp3) is 0.444. The van der Waals surface area contributed by atoms with Crippen molar-refractivity contribution in [3.05, 3.63) is 59.5 Å². The zero-order valence-corrected chi connectivity index (χ0v) is 21.2. The van der Waals surface area contributed by atoms with Crippen LogP contribution in [0.1, 0.15) is 35.5 Å². The quantitative estimate of drug-likeness (QED) is 0.520. The van der Waals surface area contributed by atoms with Crippen molar-refractivity contribution >= 4 is 22.7 Å². The second-order valence-electron chi connectivity index (χ2n) is 9.58. The molecule has 0 N–H and O–H groups in total. The Balaban J connectivity index is 1.65. The Morgan fingerprint density at radius 1 is 1.23 bits per heavy atom. The zero-order valence-electron chi connectivity index (χ0n) is 21.2. The normalized spacial score (nSPS) is 16.7. The number of benzene rings is 1. The Morgan fingerprint density at radius 3 is 2.71 bits per heavy atom. The molecule has 1 aliphatic heterocycles. The van der Waals surface area contributed by atoms with E-state index in [1.165, 1.54) is 0 Å². The van der Waals surface area contributed by atoms with Gasteiger partial charge in [0.2, 0.25) is 5.91 Å². The molecule has 2 aromatic heterocycles. The smallest absolute Gasteiger partial charge is 0.256 e. The lowest BCUT2D eigenvalue weighted by molar-refractivity contribution is -0.132. The van der Waals surface area contributed by atoms with Gasteiger partial charge in [-0.05, 0) is 42.7 Å². The summed E-state index contributed by atoms with van der Waals surface area (Å²) in [6, 6.07) is 9.55. The van der Waals surface area contributed by atoms with Gasteiger partial charge in [0.05, 0.1) is 25.4 Å². The summed E-state index contributed by atoms with van der Waals surface area (Å²) < 4.78 is 13.6. The summed E-state index contributed by atoms with van der Waals surface area (Å²) in [5.41, 5.74) is 3.34. The maximum Gasteiger partial charge on any atom is 0.256 e. The van der Waals surface area contributed by atoms with Gasteiger partial charge in [-0.3, -0.25) is 14.6 Å². The standard InChI is InChI=1S/C27H34N4O4/c1-18(2)13-30-14-22(35-17-20-7-6-10-28-12-20)15-31(16-25(30)32)27(33)26-19(3)29(4)24-9-8-21(34-5)11-23(24)26/h6-12,18,22H,13-17H2,1-5H3. The third-order valence-corrected chi connectivity index (χ3v) is 6.52. The summed E-state index contributed by atoms with van der Waals surface area (Å²) >= 11 is 0. The van der Waals surface area contributed by atoms with Crippen LogP contribution in [0.4, 0.5) is 0 Å². The van der Waals surface area contributed by atoms with Gasteiger partial charge in [0.1, 0.15) is 12.3 Å². The van der Waals surface area contributed by atoms with Crippen molar-refractivity contribution < 1.29 is 19.1 Å². The van der Waals surface area contributed by atoms with Crippen LogP contribution in [0.2, 0.25) is 0 Å². The second kappa shape index (κ2) is 10.5. The lowest BCUT2D eigenvalue weighted by Gasteiger charge is -2.26. The zero-order chi connectivity index (χ0) is 25.1. The number of fused-ring (bicyclic) bond motifs is 1. The first-order valence-corrected chi connectivity index (χ1v) is 12.0. The Labute approximate surface area is 206 Å². The molecule has 1 fully saturated rings.